The summed E-state index contributed by atoms with van der Waals surface area (Å²) >= 11 is 0. The molecule has 32 heavy (non-hydrogen) atoms. The van der Waals surface area contributed by atoms with Crippen LogP contribution in [0.3, 0.4) is 0 Å². The first-order chi connectivity index (χ1) is 15.3. The predicted octanol–water partition coefficient (Wildman–Crippen LogP) is 1.97. The summed E-state index contributed by atoms with van der Waals surface area (Å²) in [5, 5.41) is 3.91. The molecular formula is C23H22N2O6S. The van der Waals surface area contributed by atoms with Crippen LogP contribution in [0.1, 0.15) is 15.9 Å². The molecule has 9 heteroatoms. The fourth-order valence-corrected chi connectivity index (χ4v) is 3.92. The molecule has 0 radical (unpaired) electrons. The van der Waals surface area contributed by atoms with E-state index in [9.17, 15) is 22.8 Å². The van der Waals surface area contributed by atoms with Gasteiger partial charge in [0, 0.05) is 5.56 Å². The highest BCUT2D eigenvalue weighted by Crippen LogP contribution is 2.19. The molecule has 166 valence electrons. The Morgan fingerprint density at radius 3 is 2.31 bits per heavy atom. The van der Waals surface area contributed by atoms with Crippen LogP contribution >= 0.6 is 0 Å². The lowest BCUT2D eigenvalue weighted by Gasteiger charge is -2.09. The first kappa shape index (κ1) is 23.1. The number of rotatable bonds is 9. The molecule has 0 saturated carbocycles. The van der Waals surface area contributed by atoms with Gasteiger partial charge in [0.2, 0.25) is 21.7 Å². The molecule has 0 aliphatic rings. The molecule has 0 fully saturated rings. The number of Topliss-reactive ketones (excluding diaryl/α,β-unsaturated/α-hetero) is 1. The first-order valence-electron chi connectivity index (χ1n) is 9.76. The highest BCUT2D eigenvalue weighted by molar-refractivity contribution is 7.89. The third-order valence-electron chi connectivity index (χ3n) is 4.64. The highest BCUT2D eigenvalue weighted by atomic mass is 32.2. The van der Waals surface area contributed by atoms with Crippen LogP contribution in [0.25, 0.3) is 10.8 Å². The molecule has 0 saturated heterocycles. The van der Waals surface area contributed by atoms with E-state index < -0.39 is 41.6 Å². The van der Waals surface area contributed by atoms with Gasteiger partial charge in [-0.05, 0) is 29.8 Å². The van der Waals surface area contributed by atoms with E-state index in [0.717, 1.165) is 16.3 Å². The number of ether oxygens (including phenoxy) is 1. The van der Waals surface area contributed by atoms with Crippen molar-refractivity contribution < 1.29 is 27.5 Å². The van der Waals surface area contributed by atoms with Crippen molar-refractivity contribution in [3.05, 3.63) is 77.9 Å². The average Bonchev–Trinajstić information content (AvgIpc) is 2.79. The number of nitrogens with one attached hydrogen (secondary N) is 2. The number of amides is 1. The van der Waals surface area contributed by atoms with Crippen LogP contribution < -0.4 is 10.0 Å². The van der Waals surface area contributed by atoms with Crippen molar-refractivity contribution in [2.75, 3.05) is 19.7 Å². The normalized spacial score (nSPS) is 11.2. The number of fused-ring (bicyclic) bond motifs is 1. The fourth-order valence-electron chi connectivity index (χ4n) is 2.94. The van der Waals surface area contributed by atoms with Crippen molar-refractivity contribution in [2.45, 2.75) is 11.8 Å². The number of aryl methyl sites for hydroxylation is 1. The smallest absolute Gasteiger partial charge is 0.325 e. The maximum absolute atomic E-state index is 12.4. The number of carbonyl (C=O) groups is 3. The molecule has 0 atom stereocenters. The molecule has 0 heterocycles. The number of esters is 1. The van der Waals surface area contributed by atoms with Gasteiger partial charge < -0.3 is 10.1 Å². The van der Waals surface area contributed by atoms with Crippen LogP contribution in [0, 0.1) is 6.92 Å². The van der Waals surface area contributed by atoms with Gasteiger partial charge in [0.05, 0.1) is 11.4 Å². The number of hydrogen-bond acceptors (Lipinski definition) is 6. The molecule has 1 amide bonds. The summed E-state index contributed by atoms with van der Waals surface area (Å²) in [6, 6.07) is 18.8. The quantitative estimate of drug-likeness (QED) is 0.377. The van der Waals surface area contributed by atoms with Crippen molar-refractivity contribution in [3.8, 4) is 0 Å². The molecule has 0 bridgehead atoms. The number of sulfonamides is 1. The van der Waals surface area contributed by atoms with Crippen LogP contribution in [0.15, 0.2) is 71.6 Å². The van der Waals surface area contributed by atoms with Gasteiger partial charge in [0.15, 0.2) is 6.61 Å². The van der Waals surface area contributed by atoms with E-state index in [4.69, 9.17) is 4.74 Å². The van der Waals surface area contributed by atoms with Gasteiger partial charge in [-0.3, -0.25) is 14.4 Å². The van der Waals surface area contributed by atoms with E-state index in [1.165, 1.54) is 12.1 Å². The summed E-state index contributed by atoms with van der Waals surface area (Å²) in [7, 11) is -3.85. The molecule has 0 aliphatic heterocycles. The van der Waals surface area contributed by atoms with Gasteiger partial charge in [-0.1, -0.05) is 60.2 Å². The van der Waals surface area contributed by atoms with Gasteiger partial charge >= 0.3 is 5.97 Å². The fraction of sp³-hybridized carbons (Fsp3) is 0.174. The Labute approximate surface area is 185 Å². The Bertz CT molecular complexity index is 1250. The molecule has 0 spiro atoms. The van der Waals surface area contributed by atoms with E-state index in [-0.39, 0.29) is 10.7 Å². The number of benzene rings is 3. The van der Waals surface area contributed by atoms with Crippen LogP contribution in [-0.4, -0.2) is 45.8 Å². The number of hydrogen-bond donors (Lipinski definition) is 2. The molecule has 3 aromatic carbocycles. The molecule has 8 nitrogen and oxygen atoms in total. The summed E-state index contributed by atoms with van der Waals surface area (Å²) in [4.78, 5) is 36.2. The van der Waals surface area contributed by atoms with E-state index in [2.05, 4.69) is 10.0 Å². The number of ketones is 1. The zero-order chi connectivity index (χ0) is 23.1. The Kier molecular flexibility index (Phi) is 7.34. The lowest BCUT2D eigenvalue weighted by molar-refractivity contribution is -0.142. The van der Waals surface area contributed by atoms with Crippen molar-refractivity contribution in [2.24, 2.45) is 0 Å². The van der Waals surface area contributed by atoms with Crippen molar-refractivity contribution in [3.63, 3.8) is 0 Å². The minimum atomic E-state index is -3.85. The van der Waals surface area contributed by atoms with Crippen LogP contribution in [-0.2, 0) is 24.3 Å². The monoisotopic (exact) mass is 454 g/mol. The second kappa shape index (κ2) is 10.2. The van der Waals surface area contributed by atoms with Gasteiger partial charge in [0.25, 0.3) is 0 Å². The first-order valence-corrected chi connectivity index (χ1v) is 11.2. The lowest BCUT2D eigenvalue weighted by Crippen LogP contribution is -2.39. The van der Waals surface area contributed by atoms with Crippen LogP contribution in [0.5, 0.6) is 0 Å². The maximum Gasteiger partial charge on any atom is 0.325 e. The van der Waals surface area contributed by atoms with E-state index in [0.29, 0.717) is 5.56 Å². The SMILES string of the molecule is Cc1ccc(S(=O)(=O)NCC(=O)NCC(=O)OCC(=O)c2cccc3ccccc23)cc1. The van der Waals surface area contributed by atoms with Crippen molar-refractivity contribution in [1.82, 2.24) is 10.0 Å². The van der Waals surface area contributed by atoms with Crippen LogP contribution in [0.4, 0.5) is 0 Å². The summed E-state index contributed by atoms with van der Waals surface area (Å²) in [6.45, 7) is 0.321. The minimum Gasteiger partial charge on any atom is -0.456 e. The second-order valence-corrected chi connectivity index (χ2v) is 8.79. The molecule has 3 rings (SSSR count). The highest BCUT2D eigenvalue weighted by Gasteiger charge is 2.17. The zero-order valence-corrected chi connectivity index (χ0v) is 18.1. The molecule has 3 aromatic rings. The summed E-state index contributed by atoms with van der Waals surface area (Å²) in [6.07, 6.45) is 0. The third kappa shape index (κ3) is 5.99. The second-order valence-electron chi connectivity index (χ2n) is 7.02. The summed E-state index contributed by atoms with van der Waals surface area (Å²) in [5.41, 5.74) is 1.34. The topological polar surface area (TPSA) is 119 Å². The van der Waals surface area contributed by atoms with E-state index >= 15 is 0 Å². The largest absolute Gasteiger partial charge is 0.456 e. The molecular weight excluding hydrogens is 432 g/mol. The third-order valence-corrected chi connectivity index (χ3v) is 6.06. The summed E-state index contributed by atoms with van der Waals surface area (Å²) in [5.74, 6) is -1.89. The summed E-state index contributed by atoms with van der Waals surface area (Å²) < 4.78 is 31.4. The Morgan fingerprint density at radius 2 is 1.56 bits per heavy atom. The predicted molar refractivity (Wildman–Crippen MR) is 119 cm³/mol. The average molecular weight is 455 g/mol. The molecule has 0 aromatic heterocycles. The molecule has 0 unspecified atom stereocenters. The Hall–Kier alpha value is -3.56. The Balaban J connectivity index is 1.45. The standard InChI is InChI=1S/C23H22N2O6S/c1-16-9-11-18(12-10-16)32(29,30)25-13-22(27)24-14-23(28)31-15-21(26)20-8-4-6-17-5-2-3-7-19(17)20/h2-12,25H,13-15H2,1H3,(H,24,27). The van der Waals surface area contributed by atoms with E-state index in [1.54, 1.807) is 24.3 Å². The van der Waals surface area contributed by atoms with Gasteiger partial charge in [-0.15, -0.1) is 0 Å². The molecule has 0 aliphatic carbocycles. The Morgan fingerprint density at radius 1 is 0.875 bits per heavy atom. The number of carbonyl (C=O) groups excluding carboxylic acids is 3. The van der Waals surface area contributed by atoms with Crippen molar-refractivity contribution in [1.29, 1.82) is 0 Å². The van der Waals surface area contributed by atoms with Crippen LogP contribution in [0.2, 0.25) is 0 Å². The van der Waals surface area contributed by atoms with Crippen molar-refractivity contribution >= 4 is 38.5 Å². The minimum absolute atomic E-state index is 0.0299. The van der Waals surface area contributed by atoms with Gasteiger partial charge in [-0.25, -0.2) is 13.1 Å². The van der Waals surface area contributed by atoms with E-state index in [1.807, 2.05) is 37.3 Å². The molecule has 2 N–H and O–H groups in total. The van der Waals surface area contributed by atoms with Gasteiger partial charge in [0.1, 0.15) is 6.54 Å². The lowest BCUT2D eigenvalue weighted by atomic mass is 10.0. The zero-order valence-electron chi connectivity index (χ0n) is 17.3. The maximum atomic E-state index is 12.4. The van der Waals surface area contributed by atoms with Gasteiger partial charge in [-0.2, -0.15) is 0 Å².